The Morgan fingerprint density at radius 1 is 1.50 bits per heavy atom. The fourth-order valence-electron chi connectivity index (χ4n) is 2.81. The van der Waals surface area contributed by atoms with Crippen LogP contribution in [0, 0.1) is 0 Å². The molecule has 0 amide bonds. The number of carboxylic acid groups (broad SMARTS) is 1. The van der Waals surface area contributed by atoms with Gasteiger partial charge in [0.2, 0.25) is 0 Å². The summed E-state index contributed by atoms with van der Waals surface area (Å²) in [6.07, 6.45) is 5.45. The molecule has 0 aromatic carbocycles. The van der Waals surface area contributed by atoms with Crippen LogP contribution in [0.25, 0.3) is 0 Å². The van der Waals surface area contributed by atoms with E-state index in [1.165, 1.54) is 0 Å². The lowest BCUT2D eigenvalue weighted by atomic mass is 9.98. The monoisotopic (exact) mass is 275 g/mol. The van der Waals surface area contributed by atoms with Gasteiger partial charge >= 0.3 is 5.97 Å². The third-order valence-electron chi connectivity index (χ3n) is 3.67. The van der Waals surface area contributed by atoms with Gasteiger partial charge in [-0.15, -0.1) is 0 Å². The highest BCUT2D eigenvalue weighted by atomic mass is 16.4. The van der Waals surface area contributed by atoms with Crippen molar-refractivity contribution in [2.45, 2.75) is 19.0 Å². The first-order chi connectivity index (χ1) is 9.54. The Morgan fingerprint density at radius 2 is 2.30 bits per heavy atom. The highest BCUT2D eigenvalue weighted by Crippen LogP contribution is 2.28. The summed E-state index contributed by atoms with van der Waals surface area (Å²) in [6.45, 7) is 1.86. The van der Waals surface area contributed by atoms with E-state index in [9.17, 15) is 9.90 Å². The van der Waals surface area contributed by atoms with Crippen LogP contribution in [0.1, 0.15) is 22.9 Å². The zero-order valence-electron chi connectivity index (χ0n) is 11.5. The number of carboxylic acids is 1. The van der Waals surface area contributed by atoms with Crippen LogP contribution < -0.4 is 0 Å². The van der Waals surface area contributed by atoms with Gasteiger partial charge in [0.05, 0.1) is 23.9 Å². The molecule has 0 fully saturated rings. The predicted molar refractivity (Wildman–Crippen MR) is 70.9 cm³/mol. The molecule has 1 N–H and O–H groups in total. The van der Waals surface area contributed by atoms with E-state index in [1.807, 2.05) is 31.1 Å². The fourth-order valence-corrected chi connectivity index (χ4v) is 2.81. The van der Waals surface area contributed by atoms with Gasteiger partial charge in [0.1, 0.15) is 5.92 Å². The number of hydrogen-bond acceptors (Lipinski definition) is 4. The molecule has 20 heavy (non-hydrogen) atoms. The van der Waals surface area contributed by atoms with Gasteiger partial charge in [0, 0.05) is 45.5 Å². The molecule has 1 aliphatic rings. The molecule has 7 heteroatoms. The largest absolute Gasteiger partial charge is 0.481 e. The second-order valence-electron chi connectivity index (χ2n) is 5.27. The molecular weight excluding hydrogens is 258 g/mol. The van der Waals surface area contributed by atoms with Gasteiger partial charge in [0.25, 0.3) is 0 Å². The van der Waals surface area contributed by atoms with Crippen molar-refractivity contribution < 1.29 is 9.90 Å². The van der Waals surface area contributed by atoms with Crippen molar-refractivity contribution in [3.05, 3.63) is 35.7 Å². The van der Waals surface area contributed by atoms with Gasteiger partial charge in [-0.3, -0.25) is 14.4 Å². The van der Waals surface area contributed by atoms with Gasteiger partial charge in [-0.2, -0.15) is 5.10 Å². The molecule has 7 nitrogen and oxygen atoms in total. The third kappa shape index (κ3) is 2.20. The molecule has 1 atom stereocenters. The van der Waals surface area contributed by atoms with Gasteiger partial charge in [-0.05, 0) is 0 Å². The smallest absolute Gasteiger partial charge is 0.313 e. The molecule has 2 aromatic rings. The number of carbonyl (C=O) groups is 1. The number of fused-ring (bicyclic) bond motifs is 1. The molecule has 106 valence electrons. The second-order valence-corrected chi connectivity index (χ2v) is 5.27. The van der Waals surface area contributed by atoms with Crippen molar-refractivity contribution in [2.24, 2.45) is 14.1 Å². The lowest BCUT2D eigenvalue weighted by Crippen LogP contribution is -2.37. The summed E-state index contributed by atoms with van der Waals surface area (Å²) in [5.74, 6) is -1.33. The van der Waals surface area contributed by atoms with Crippen LogP contribution in [0.5, 0.6) is 0 Å². The minimum Gasteiger partial charge on any atom is -0.481 e. The van der Waals surface area contributed by atoms with Crippen molar-refractivity contribution in [1.82, 2.24) is 24.2 Å². The highest BCUT2D eigenvalue weighted by Gasteiger charge is 2.33. The van der Waals surface area contributed by atoms with Crippen molar-refractivity contribution in [3.63, 3.8) is 0 Å². The Morgan fingerprint density at radius 3 is 2.95 bits per heavy atom. The summed E-state index contributed by atoms with van der Waals surface area (Å²) < 4.78 is 3.57. The Kier molecular flexibility index (Phi) is 3.06. The van der Waals surface area contributed by atoms with Crippen LogP contribution in [-0.2, 0) is 32.0 Å². The summed E-state index contributed by atoms with van der Waals surface area (Å²) in [7, 11) is 3.72. The minimum absolute atomic E-state index is 0.497. The summed E-state index contributed by atoms with van der Waals surface area (Å²) in [5, 5.41) is 13.6. The predicted octanol–water partition coefficient (Wildman–Crippen LogP) is 0.338. The van der Waals surface area contributed by atoms with Crippen LogP contribution in [0.4, 0.5) is 0 Å². The first-order valence-corrected chi connectivity index (χ1v) is 6.47. The van der Waals surface area contributed by atoms with E-state index in [0.29, 0.717) is 19.6 Å². The maximum Gasteiger partial charge on any atom is 0.313 e. The van der Waals surface area contributed by atoms with Crippen molar-refractivity contribution >= 4 is 5.97 Å². The molecule has 1 unspecified atom stereocenters. The van der Waals surface area contributed by atoms with Gasteiger partial charge in [-0.1, -0.05) is 0 Å². The van der Waals surface area contributed by atoms with Gasteiger partial charge in [-0.25, -0.2) is 4.98 Å². The topological polar surface area (TPSA) is 76.2 Å². The maximum absolute atomic E-state index is 11.5. The number of aromatic nitrogens is 4. The zero-order valence-corrected chi connectivity index (χ0v) is 11.5. The van der Waals surface area contributed by atoms with Crippen LogP contribution in [-0.4, -0.2) is 41.9 Å². The quantitative estimate of drug-likeness (QED) is 0.874. The van der Waals surface area contributed by atoms with E-state index in [0.717, 1.165) is 17.0 Å². The first-order valence-electron chi connectivity index (χ1n) is 6.47. The van der Waals surface area contributed by atoms with E-state index in [-0.39, 0.29) is 0 Å². The number of imidazole rings is 1. The Labute approximate surface area is 116 Å². The number of hydrogen-bond donors (Lipinski definition) is 1. The molecule has 2 aromatic heterocycles. The molecular formula is C13H17N5O2. The highest BCUT2D eigenvalue weighted by molar-refractivity contribution is 5.76. The van der Waals surface area contributed by atoms with Crippen LogP contribution in [0.3, 0.4) is 0 Å². The molecule has 3 rings (SSSR count). The van der Waals surface area contributed by atoms with Crippen molar-refractivity contribution in [2.75, 3.05) is 6.54 Å². The van der Waals surface area contributed by atoms with E-state index < -0.39 is 11.9 Å². The van der Waals surface area contributed by atoms with E-state index in [4.69, 9.17) is 0 Å². The normalized spacial score (nSPS) is 19.0. The molecule has 0 spiro atoms. The third-order valence-corrected chi connectivity index (χ3v) is 3.67. The number of rotatable bonds is 3. The Balaban J connectivity index is 1.85. The number of nitrogens with zero attached hydrogens (tertiary/aromatic N) is 5. The molecule has 0 aliphatic carbocycles. The first kappa shape index (κ1) is 12.9. The lowest BCUT2D eigenvalue weighted by molar-refractivity contribution is -0.139. The van der Waals surface area contributed by atoms with Crippen molar-refractivity contribution in [3.8, 4) is 0 Å². The number of aliphatic carboxylic acids is 1. The van der Waals surface area contributed by atoms with E-state index in [1.54, 1.807) is 11.0 Å². The molecule has 0 saturated heterocycles. The molecule has 3 heterocycles. The average Bonchev–Trinajstić information content (AvgIpc) is 2.96. The summed E-state index contributed by atoms with van der Waals surface area (Å²) in [5.41, 5.74) is 2.76. The SMILES string of the molecule is Cn1cc(CN2Cc3ncn(C)c3C(C(=O)O)C2)cn1. The van der Waals surface area contributed by atoms with Gasteiger partial charge in [0.15, 0.2) is 0 Å². The van der Waals surface area contributed by atoms with Crippen molar-refractivity contribution in [1.29, 1.82) is 0 Å². The average molecular weight is 275 g/mol. The van der Waals surface area contributed by atoms with Gasteiger partial charge < -0.3 is 9.67 Å². The Bertz CT molecular complexity index is 645. The summed E-state index contributed by atoms with van der Waals surface area (Å²) in [6, 6.07) is 0. The summed E-state index contributed by atoms with van der Waals surface area (Å²) in [4.78, 5) is 17.9. The van der Waals surface area contributed by atoms with E-state index >= 15 is 0 Å². The van der Waals surface area contributed by atoms with Crippen LogP contribution >= 0.6 is 0 Å². The zero-order chi connectivity index (χ0) is 14.3. The van der Waals surface area contributed by atoms with Crippen LogP contribution in [0.2, 0.25) is 0 Å². The summed E-state index contributed by atoms with van der Waals surface area (Å²) >= 11 is 0. The molecule has 0 bridgehead atoms. The molecule has 1 aliphatic heterocycles. The van der Waals surface area contributed by atoms with Crippen LogP contribution in [0.15, 0.2) is 18.7 Å². The number of aryl methyl sites for hydroxylation is 2. The molecule has 0 saturated carbocycles. The molecule has 0 radical (unpaired) electrons. The minimum atomic E-state index is -0.800. The lowest BCUT2D eigenvalue weighted by Gasteiger charge is -2.30. The maximum atomic E-state index is 11.5. The second kappa shape index (κ2) is 4.75. The fraction of sp³-hybridized carbons (Fsp3) is 0.462. The van der Waals surface area contributed by atoms with E-state index in [2.05, 4.69) is 15.0 Å². The standard InChI is InChI=1S/C13H17N5O2/c1-16-8-14-11-7-18(5-9-3-15-17(2)4-9)6-10(12(11)16)13(19)20/h3-4,8,10H,5-7H2,1-2H3,(H,19,20). The Hall–Kier alpha value is -2.15.